The maximum absolute atomic E-state index is 4.11. The average Bonchev–Trinajstić information content (AvgIpc) is 2.37. The third-order valence-electron chi connectivity index (χ3n) is 4.24. The minimum absolute atomic E-state index is 0.943. The van der Waals surface area contributed by atoms with Crippen molar-refractivity contribution in [2.45, 2.75) is 71.6 Å². The van der Waals surface area contributed by atoms with Crippen molar-refractivity contribution in [3.05, 3.63) is 12.2 Å². The molecule has 0 aliphatic carbocycles. The van der Waals surface area contributed by atoms with Crippen molar-refractivity contribution in [2.24, 2.45) is 5.92 Å². The zero-order valence-corrected chi connectivity index (χ0v) is 12.7. The Hall–Kier alpha value is -0.300. The molecule has 106 valence electrons. The van der Waals surface area contributed by atoms with Crippen molar-refractivity contribution in [1.82, 2.24) is 4.90 Å². The first-order chi connectivity index (χ1) is 8.76. The summed E-state index contributed by atoms with van der Waals surface area (Å²) < 4.78 is 0. The van der Waals surface area contributed by atoms with E-state index in [1.807, 2.05) is 0 Å². The molecule has 0 bridgehead atoms. The minimum Gasteiger partial charge on any atom is -0.302 e. The molecular formula is C17H33N. The Morgan fingerprint density at radius 3 is 2.33 bits per heavy atom. The summed E-state index contributed by atoms with van der Waals surface area (Å²) in [6, 6.07) is 0. The Labute approximate surface area is 115 Å². The third kappa shape index (κ3) is 6.58. The second-order valence-electron chi connectivity index (χ2n) is 6.05. The van der Waals surface area contributed by atoms with Gasteiger partial charge in [-0.15, -0.1) is 0 Å². The largest absolute Gasteiger partial charge is 0.302 e. The van der Waals surface area contributed by atoms with Gasteiger partial charge in [0.05, 0.1) is 0 Å². The zero-order valence-electron chi connectivity index (χ0n) is 12.7. The topological polar surface area (TPSA) is 3.24 Å². The molecule has 0 radical (unpaired) electrons. The van der Waals surface area contributed by atoms with Gasteiger partial charge in [0, 0.05) is 19.6 Å². The zero-order chi connectivity index (χ0) is 13.2. The number of unbranched alkanes of at least 4 members (excludes halogenated alkanes) is 3. The van der Waals surface area contributed by atoms with Crippen molar-refractivity contribution in [2.75, 3.05) is 19.6 Å². The summed E-state index contributed by atoms with van der Waals surface area (Å²) in [5.41, 5.74) is 1.46. The molecule has 0 saturated carbocycles. The van der Waals surface area contributed by atoms with Gasteiger partial charge >= 0.3 is 0 Å². The number of nitrogens with zero attached hydrogens (tertiary/aromatic N) is 1. The normalized spacial score (nSPS) is 19.1. The summed E-state index contributed by atoms with van der Waals surface area (Å²) in [7, 11) is 0. The van der Waals surface area contributed by atoms with Crippen LogP contribution in [0.5, 0.6) is 0 Å². The van der Waals surface area contributed by atoms with E-state index in [4.69, 9.17) is 0 Å². The molecule has 1 saturated heterocycles. The molecule has 1 aliphatic rings. The lowest BCUT2D eigenvalue weighted by atomic mass is 9.94. The summed E-state index contributed by atoms with van der Waals surface area (Å²) in [5, 5.41) is 0. The van der Waals surface area contributed by atoms with E-state index in [1.165, 1.54) is 83.0 Å². The van der Waals surface area contributed by atoms with Crippen LogP contribution in [-0.2, 0) is 0 Å². The lowest BCUT2D eigenvalue weighted by Gasteiger charge is -2.31. The van der Waals surface area contributed by atoms with E-state index < -0.39 is 0 Å². The summed E-state index contributed by atoms with van der Waals surface area (Å²) in [6.45, 7) is 12.6. The van der Waals surface area contributed by atoms with Crippen LogP contribution in [0.1, 0.15) is 71.6 Å². The molecule has 1 fully saturated rings. The standard InChI is InChI=1S/C17H33N/c1-4-6-7-8-10-17(9-5-2)15-18-13-11-16(3)12-14-18/h17H,3-15H2,1-2H3. The molecule has 1 unspecified atom stereocenters. The predicted molar refractivity (Wildman–Crippen MR) is 82.0 cm³/mol. The molecule has 1 rings (SSSR count). The second kappa shape index (κ2) is 9.61. The monoisotopic (exact) mass is 251 g/mol. The molecule has 1 heteroatoms. The third-order valence-corrected chi connectivity index (χ3v) is 4.24. The van der Waals surface area contributed by atoms with Crippen molar-refractivity contribution in [3.8, 4) is 0 Å². The van der Waals surface area contributed by atoms with Crippen LogP contribution in [0.3, 0.4) is 0 Å². The van der Waals surface area contributed by atoms with Crippen molar-refractivity contribution >= 4 is 0 Å². The van der Waals surface area contributed by atoms with Crippen molar-refractivity contribution in [1.29, 1.82) is 0 Å². The quantitative estimate of drug-likeness (QED) is 0.410. The van der Waals surface area contributed by atoms with Crippen LogP contribution >= 0.6 is 0 Å². The van der Waals surface area contributed by atoms with Crippen LogP contribution in [0.15, 0.2) is 12.2 Å². The highest BCUT2D eigenvalue weighted by Gasteiger charge is 2.16. The molecule has 0 amide bonds. The van der Waals surface area contributed by atoms with Gasteiger partial charge in [0.2, 0.25) is 0 Å². The lowest BCUT2D eigenvalue weighted by Crippen LogP contribution is -2.34. The number of hydrogen-bond donors (Lipinski definition) is 0. The molecule has 0 aromatic carbocycles. The van der Waals surface area contributed by atoms with Crippen molar-refractivity contribution < 1.29 is 0 Å². The van der Waals surface area contributed by atoms with Crippen molar-refractivity contribution in [3.63, 3.8) is 0 Å². The first kappa shape index (κ1) is 15.8. The van der Waals surface area contributed by atoms with Crippen LogP contribution in [0.25, 0.3) is 0 Å². The van der Waals surface area contributed by atoms with Crippen LogP contribution in [0, 0.1) is 5.92 Å². The second-order valence-corrected chi connectivity index (χ2v) is 6.05. The number of hydrogen-bond acceptors (Lipinski definition) is 1. The Balaban J connectivity index is 2.21. The minimum atomic E-state index is 0.943. The molecule has 1 atom stereocenters. The van der Waals surface area contributed by atoms with E-state index in [0.29, 0.717) is 0 Å². The molecule has 18 heavy (non-hydrogen) atoms. The SMILES string of the molecule is C=C1CCN(CC(CCC)CCCCCC)CC1. The predicted octanol–water partition coefficient (Wildman–Crippen LogP) is 5.03. The fraction of sp³-hybridized carbons (Fsp3) is 0.882. The van der Waals surface area contributed by atoms with Crippen LogP contribution < -0.4 is 0 Å². The smallest absolute Gasteiger partial charge is 0.00187 e. The molecule has 0 N–H and O–H groups in total. The Morgan fingerprint density at radius 1 is 1.00 bits per heavy atom. The van der Waals surface area contributed by atoms with Gasteiger partial charge < -0.3 is 4.90 Å². The molecule has 0 aromatic rings. The Kier molecular flexibility index (Phi) is 8.41. The molecule has 1 aliphatic heterocycles. The van der Waals surface area contributed by atoms with E-state index in [0.717, 1.165) is 5.92 Å². The highest BCUT2D eigenvalue weighted by atomic mass is 15.1. The summed E-state index contributed by atoms with van der Waals surface area (Å²) in [4.78, 5) is 2.68. The molecule has 1 heterocycles. The van der Waals surface area contributed by atoms with Gasteiger partial charge in [0.15, 0.2) is 0 Å². The first-order valence-electron chi connectivity index (χ1n) is 8.15. The number of likely N-dealkylation sites (tertiary alicyclic amines) is 1. The van der Waals surface area contributed by atoms with Crippen LogP contribution in [0.2, 0.25) is 0 Å². The lowest BCUT2D eigenvalue weighted by molar-refractivity contribution is 0.202. The van der Waals surface area contributed by atoms with E-state index in [2.05, 4.69) is 25.3 Å². The van der Waals surface area contributed by atoms with Crippen LogP contribution in [-0.4, -0.2) is 24.5 Å². The summed E-state index contributed by atoms with van der Waals surface area (Å²) >= 11 is 0. The van der Waals surface area contributed by atoms with Gasteiger partial charge in [-0.25, -0.2) is 0 Å². The van der Waals surface area contributed by atoms with Crippen LogP contribution in [0.4, 0.5) is 0 Å². The highest BCUT2D eigenvalue weighted by Crippen LogP contribution is 2.21. The van der Waals surface area contributed by atoms with E-state index in [-0.39, 0.29) is 0 Å². The van der Waals surface area contributed by atoms with Gasteiger partial charge in [0.25, 0.3) is 0 Å². The molecular weight excluding hydrogens is 218 g/mol. The van der Waals surface area contributed by atoms with E-state index in [9.17, 15) is 0 Å². The van der Waals surface area contributed by atoms with Gasteiger partial charge in [-0.1, -0.05) is 58.1 Å². The summed E-state index contributed by atoms with van der Waals surface area (Å²) in [6.07, 6.45) is 12.3. The van der Waals surface area contributed by atoms with E-state index in [1.54, 1.807) is 0 Å². The Morgan fingerprint density at radius 2 is 1.72 bits per heavy atom. The molecule has 1 nitrogen and oxygen atoms in total. The maximum Gasteiger partial charge on any atom is 0.00187 e. The average molecular weight is 251 g/mol. The van der Waals surface area contributed by atoms with Gasteiger partial charge in [-0.2, -0.15) is 0 Å². The fourth-order valence-corrected chi connectivity index (χ4v) is 3.01. The first-order valence-corrected chi connectivity index (χ1v) is 8.15. The Bertz CT molecular complexity index is 212. The van der Waals surface area contributed by atoms with Gasteiger partial charge in [0.1, 0.15) is 0 Å². The fourth-order valence-electron chi connectivity index (χ4n) is 3.01. The number of piperidine rings is 1. The van der Waals surface area contributed by atoms with Gasteiger partial charge in [-0.3, -0.25) is 0 Å². The van der Waals surface area contributed by atoms with Gasteiger partial charge in [-0.05, 0) is 31.6 Å². The number of rotatable bonds is 9. The van der Waals surface area contributed by atoms with E-state index >= 15 is 0 Å². The highest BCUT2D eigenvalue weighted by molar-refractivity contribution is 4.98. The maximum atomic E-state index is 4.11. The molecule has 0 aromatic heterocycles. The summed E-state index contributed by atoms with van der Waals surface area (Å²) in [5.74, 6) is 0.943. The molecule has 0 spiro atoms.